The van der Waals surface area contributed by atoms with Gasteiger partial charge in [-0.05, 0) is 6.42 Å². The highest BCUT2D eigenvalue weighted by molar-refractivity contribution is 14.1. The lowest BCUT2D eigenvalue weighted by Gasteiger charge is -1.94. The zero-order valence-electron chi connectivity index (χ0n) is 5.39. The largest absolute Gasteiger partial charge is 0.370 e. The van der Waals surface area contributed by atoms with Crippen LogP contribution in [0.15, 0.2) is 0 Å². The maximum Gasteiger partial charge on any atom is 0.228 e. The maximum atomic E-state index is 10.5. The van der Waals surface area contributed by atoms with Crippen LogP contribution in [0.5, 0.6) is 0 Å². The Labute approximate surface area is 73.0 Å². The number of carbonyl (C=O) groups is 2. The molecule has 0 aliphatic carbocycles. The van der Waals surface area contributed by atoms with Crippen LogP contribution >= 0.6 is 22.9 Å². The number of nitrogens with two attached hydrogens (primary N) is 1. The molecular weight excluding hydrogens is 247 g/mol. The summed E-state index contributed by atoms with van der Waals surface area (Å²) in [4.78, 5) is 20.7. The van der Waals surface area contributed by atoms with Crippen molar-refractivity contribution in [3.05, 3.63) is 0 Å². The first kappa shape index (κ1) is 9.67. The third-order valence-corrected chi connectivity index (χ3v) is 1.53. The Kier molecular flexibility index (Phi) is 5.27. The molecule has 0 aromatic carbocycles. The predicted molar refractivity (Wildman–Crippen MR) is 45.2 cm³/mol. The van der Waals surface area contributed by atoms with E-state index in [1.165, 1.54) is 0 Å². The van der Waals surface area contributed by atoms with E-state index in [2.05, 4.69) is 3.53 Å². The summed E-state index contributed by atoms with van der Waals surface area (Å²) in [5.41, 5.74) is 4.85. The highest BCUT2D eigenvalue weighted by Gasteiger charge is 1.99. The topological polar surface area (TPSA) is 72.2 Å². The quantitative estimate of drug-likeness (QED) is 0.553. The molecule has 0 aromatic rings. The highest BCUT2D eigenvalue weighted by Crippen LogP contribution is 1.94. The van der Waals surface area contributed by atoms with Crippen molar-refractivity contribution >= 4 is 34.7 Å². The fraction of sp³-hybridized carbons (Fsp3) is 0.600. The molecule has 0 fully saturated rings. The van der Waals surface area contributed by atoms with Crippen LogP contribution in [0.1, 0.15) is 19.3 Å². The Morgan fingerprint density at radius 3 is 2.40 bits per heavy atom. The molecule has 0 bridgehead atoms. The second-order valence-corrected chi connectivity index (χ2v) is 2.38. The van der Waals surface area contributed by atoms with Gasteiger partial charge < -0.3 is 5.73 Å². The Bertz CT molecular complexity index is 138. The lowest BCUT2D eigenvalue weighted by atomic mass is 10.2. The number of nitrogens with one attached hydrogen (secondary N) is 1. The summed E-state index contributed by atoms with van der Waals surface area (Å²) >= 11 is 1.75. The Balaban J connectivity index is 3.20. The SMILES string of the molecule is NC(=O)CCCC(=O)NI. The molecular formula is C5H9IN2O2. The van der Waals surface area contributed by atoms with Gasteiger partial charge in [-0.2, -0.15) is 0 Å². The number of rotatable bonds is 4. The van der Waals surface area contributed by atoms with Gasteiger partial charge in [0, 0.05) is 12.8 Å². The third kappa shape index (κ3) is 5.80. The Hall–Kier alpha value is -0.330. The van der Waals surface area contributed by atoms with Crippen LogP contribution in [0.3, 0.4) is 0 Å². The minimum atomic E-state index is -0.360. The molecule has 0 saturated carbocycles. The van der Waals surface area contributed by atoms with Crippen molar-refractivity contribution in [2.45, 2.75) is 19.3 Å². The number of hydrogen-bond acceptors (Lipinski definition) is 2. The molecule has 58 valence electrons. The molecule has 10 heavy (non-hydrogen) atoms. The number of halogens is 1. The molecule has 0 aliphatic heterocycles. The van der Waals surface area contributed by atoms with Crippen molar-refractivity contribution < 1.29 is 9.59 Å². The number of carbonyl (C=O) groups excluding carboxylic acids is 2. The zero-order valence-corrected chi connectivity index (χ0v) is 7.55. The monoisotopic (exact) mass is 256 g/mol. The first-order valence-electron chi connectivity index (χ1n) is 2.84. The van der Waals surface area contributed by atoms with Crippen LogP contribution in [0.4, 0.5) is 0 Å². The van der Waals surface area contributed by atoms with Crippen molar-refractivity contribution in [3.8, 4) is 0 Å². The van der Waals surface area contributed by atoms with E-state index in [1.807, 2.05) is 0 Å². The van der Waals surface area contributed by atoms with E-state index in [0.29, 0.717) is 12.8 Å². The summed E-state index contributed by atoms with van der Waals surface area (Å²) in [7, 11) is 0. The van der Waals surface area contributed by atoms with Gasteiger partial charge in [-0.15, -0.1) is 0 Å². The molecule has 2 amide bonds. The van der Waals surface area contributed by atoms with Gasteiger partial charge in [-0.1, -0.05) is 0 Å². The van der Waals surface area contributed by atoms with Crippen LogP contribution < -0.4 is 9.26 Å². The van der Waals surface area contributed by atoms with Crippen LogP contribution in [0.25, 0.3) is 0 Å². The standard InChI is InChI=1S/C5H9IN2O2/c6-8-5(10)3-1-2-4(7)9/h1-3H2,(H2,7,9)(H,8,10). The molecule has 0 radical (unpaired) electrons. The van der Waals surface area contributed by atoms with E-state index in [4.69, 9.17) is 5.73 Å². The fourth-order valence-corrected chi connectivity index (χ4v) is 0.740. The molecule has 0 rings (SSSR count). The van der Waals surface area contributed by atoms with Crippen LogP contribution in [0.2, 0.25) is 0 Å². The van der Waals surface area contributed by atoms with E-state index in [9.17, 15) is 9.59 Å². The highest BCUT2D eigenvalue weighted by atomic mass is 127. The van der Waals surface area contributed by atoms with E-state index < -0.39 is 0 Å². The first-order valence-corrected chi connectivity index (χ1v) is 3.92. The molecule has 3 N–H and O–H groups in total. The van der Waals surface area contributed by atoms with Crippen LogP contribution in [-0.2, 0) is 9.59 Å². The third-order valence-electron chi connectivity index (χ3n) is 0.932. The molecule has 0 aliphatic rings. The molecule has 4 nitrogen and oxygen atoms in total. The Morgan fingerprint density at radius 1 is 1.40 bits per heavy atom. The van der Waals surface area contributed by atoms with Gasteiger partial charge in [0.2, 0.25) is 11.8 Å². The van der Waals surface area contributed by atoms with Crippen molar-refractivity contribution in [1.82, 2.24) is 3.53 Å². The zero-order chi connectivity index (χ0) is 7.98. The lowest BCUT2D eigenvalue weighted by molar-refractivity contribution is -0.119. The molecule has 0 aromatic heterocycles. The number of amides is 2. The molecule has 0 heterocycles. The van der Waals surface area contributed by atoms with Crippen LogP contribution in [-0.4, -0.2) is 11.8 Å². The first-order chi connectivity index (χ1) is 4.66. The number of primary amides is 1. The molecule has 0 spiro atoms. The predicted octanol–water partition coefficient (Wildman–Crippen LogP) is 0.108. The van der Waals surface area contributed by atoms with Gasteiger partial charge in [0.05, 0.1) is 22.9 Å². The summed E-state index contributed by atoms with van der Waals surface area (Å²) in [5, 5.41) is 0. The molecule has 0 unspecified atom stereocenters. The second-order valence-electron chi connectivity index (χ2n) is 1.84. The number of hydrogen-bond donors (Lipinski definition) is 2. The van der Waals surface area contributed by atoms with Gasteiger partial charge in [0.25, 0.3) is 0 Å². The van der Waals surface area contributed by atoms with Crippen molar-refractivity contribution in [3.63, 3.8) is 0 Å². The summed E-state index contributed by atoms with van der Waals surface area (Å²) in [6.07, 6.45) is 1.18. The fourth-order valence-electron chi connectivity index (χ4n) is 0.470. The summed E-state index contributed by atoms with van der Waals surface area (Å²) < 4.78 is 2.42. The van der Waals surface area contributed by atoms with Gasteiger partial charge in [-0.25, -0.2) is 0 Å². The molecule has 5 heteroatoms. The van der Waals surface area contributed by atoms with E-state index in [1.54, 1.807) is 22.9 Å². The molecule has 0 saturated heterocycles. The van der Waals surface area contributed by atoms with E-state index in [0.717, 1.165) is 0 Å². The smallest absolute Gasteiger partial charge is 0.228 e. The maximum absolute atomic E-state index is 10.5. The lowest BCUT2D eigenvalue weighted by Crippen LogP contribution is -2.14. The van der Waals surface area contributed by atoms with Gasteiger partial charge in [0.1, 0.15) is 0 Å². The van der Waals surface area contributed by atoms with Gasteiger partial charge in [-0.3, -0.25) is 13.1 Å². The van der Waals surface area contributed by atoms with Crippen molar-refractivity contribution in [2.24, 2.45) is 5.73 Å². The molecule has 0 atom stereocenters. The average molecular weight is 256 g/mol. The van der Waals surface area contributed by atoms with Crippen molar-refractivity contribution in [1.29, 1.82) is 0 Å². The summed E-state index contributed by atoms with van der Waals surface area (Å²) in [6.45, 7) is 0. The average Bonchev–Trinajstić information content (AvgIpc) is 1.87. The van der Waals surface area contributed by atoms with Crippen LogP contribution in [0, 0.1) is 0 Å². The van der Waals surface area contributed by atoms with Gasteiger partial charge in [0.15, 0.2) is 0 Å². The Morgan fingerprint density at radius 2 is 2.00 bits per heavy atom. The van der Waals surface area contributed by atoms with E-state index in [-0.39, 0.29) is 18.2 Å². The van der Waals surface area contributed by atoms with Gasteiger partial charge >= 0.3 is 0 Å². The van der Waals surface area contributed by atoms with E-state index >= 15 is 0 Å². The second kappa shape index (κ2) is 5.45. The van der Waals surface area contributed by atoms with Crippen molar-refractivity contribution in [2.75, 3.05) is 0 Å². The minimum absolute atomic E-state index is 0.0677. The normalized spacial score (nSPS) is 8.90. The summed E-state index contributed by atoms with van der Waals surface area (Å²) in [6, 6.07) is 0. The summed E-state index contributed by atoms with van der Waals surface area (Å²) in [5.74, 6) is -0.428. The minimum Gasteiger partial charge on any atom is -0.370 e.